The largest absolute Gasteiger partial charge is 0.365 e. The molecule has 0 amide bonds. The van der Waals surface area contributed by atoms with Crippen LogP contribution in [0.5, 0.6) is 0 Å². The van der Waals surface area contributed by atoms with Crippen LogP contribution in [-0.2, 0) is 4.84 Å². The molecule has 0 aliphatic carbocycles. The van der Waals surface area contributed by atoms with Crippen LogP contribution in [0.15, 0.2) is 35.4 Å². The van der Waals surface area contributed by atoms with Gasteiger partial charge in [0.25, 0.3) is 0 Å². The van der Waals surface area contributed by atoms with Crippen molar-refractivity contribution in [1.29, 1.82) is 0 Å². The number of hydrogen-bond acceptors (Lipinski definition) is 4. The monoisotopic (exact) mass is 162 g/mol. The van der Waals surface area contributed by atoms with Crippen LogP contribution in [0.4, 0.5) is 0 Å². The van der Waals surface area contributed by atoms with E-state index in [0.29, 0.717) is 5.56 Å². The summed E-state index contributed by atoms with van der Waals surface area (Å²) in [4.78, 5) is 15.9. The molecule has 0 saturated carbocycles. The van der Waals surface area contributed by atoms with E-state index in [1.54, 1.807) is 24.3 Å². The molecule has 0 spiro atoms. The first-order chi connectivity index (χ1) is 5.86. The van der Waals surface area contributed by atoms with Gasteiger partial charge in [0.1, 0.15) is 0 Å². The van der Waals surface area contributed by atoms with E-state index in [9.17, 15) is 4.79 Å². The Morgan fingerprint density at radius 3 is 2.58 bits per heavy atom. The summed E-state index contributed by atoms with van der Waals surface area (Å²) in [6.45, 7) is 0. The molecule has 0 unspecified atom stereocenters. The lowest BCUT2D eigenvalue weighted by Gasteiger charge is -2.00. The third-order valence-electron chi connectivity index (χ3n) is 1.40. The molecule has 0 saturated heterocycles. The van der Waals surface area contributed by atoms with Gasteiger partial charge in [0.05, 0.1) is 5.56 Å². The molecule has 0 bridgehead atoms. The first kappa shape index (κ1) is 6.84. The first-order valence-corrected chi connectivity index (χ1v) is 3.47. The quantitative estimate of drug-likeness (QED) is 0.651. The maximum absolute atomic E-state index is 11.2. The second-order valence-corrected chi connectivity index (χ2v) is 2.28. The van der Waals surface area contributed by atoms with Crippen LogP contribution in [0.2, 0.25) is 0 Å². The Kier molecular flexibility index (Phi) is 1.51. The normalized spacial score (nSPS) is 12.8. The highest BCUT2D eigenvalue weighted by molar-refractivity contribution is 5.90. The lowest BCUT2D eigenvalue weighted by molar-refractivity contribution is -0.0250. The Morgan fingerprint density at radius 1 is 1.33 bits per heavy atom. The zero-order chi connectivity index (χ0) is 8.39. The molecule has 0 N–H and O–H groups in total. The number of benzene rings is 1. The van der Waals surface area contributed by atoms with E-state index in [2.05, 4.69) is 5.10 Å². The van der Waals surface area contributed by atoms with E-state index >= 15 is 0 Å². The number of hydrazone groups is 1. The van der Waals surface area contributed by atoms with Crippen LogP contribution >= 0.6 is 0 Å². The molecule has 12 heavy (non-hydrogen) atoms. The predicted octanol–water partition coefficient (Wildman–Crippen LogP) is 1.02. The fourth-order valence-electron chi connectivity index (χ4n) is 0.780. The zero-order valence-electron chi connectivity index (χ0n) is 6.18. The van der Waals surface area contributed by atoms with Gasteiger partial charge in [-0.3, -0.25) is 0 Å². The summed E-state index contributed by atoms with van der Waals surface area (Å²) in [7, 11) is 0. The van der Waals surface area contributed by atoms with Crippen LogP contribution in [0.3, 0.4) is 0 Å². The summed E-state index contributed by atoms with van der Waals surface area (Å²) < 4.78 is 0. The van der Waals surface area contributed by atoms with E-state index in [0.717, 1.165) is 5.17 Å². The molecule has 1 aromatic rings. The minimum absolute atomic E-state index is 0.395. The van der Waals surface area contributed by atoms with E-state index in [4.69, 9.17) is 4.84 Å². The van der Waals surface area contributed by atoms with Crippen LogP contribution in [-0.4, -0.2) is 17.5 Å². The van der Waals surface area contributed by atoms with Gasteiger partial charge in [0.15, 0.2) is 6.34 Å². The van der Waals surface area contributed by atoms with Gasteiger partial charge in [-0.25, -0.2) is 4.79 Å². The SMILES string of the molecule is O=C(ON1C=N1)c1ccccc1. The van der Waals surface area contributed by atoms with Crippen molar-refractivity contribution in [2.75, 3.05) is 0 Å². The van der Waals surface area contributed by atoms with Crippen LogP contribution in [0.25, 0.3) is 0 Å². The first-order valence-electron chi connectivity index (χ1n) is 3.47. The van der Waals surface area contributed by atoms with E-state index in [-0.39, 0.29) is 0 Å². The molecule has 0 aromatic heterocycles. The number of hydroxylamine groups is 1. The highest BCUT2D eigenvalue weighted by atomic mass is 16.8. The molecule has 2 rings (SSSR count). The van der Waals surface area contributed by atoms with Crippen molar-refractivity contribution < 1.29 is 9.63 Å². The van der Waals surface area contributed by atoms with Crippen LogP contribution in [0, 0.1) is 0 Å². The number of carbonyl (C=O) groups excluding carboxylic acids is 1. The Bertz CT molecular complexity index is 315. The molecule has 0 fully saturated rings. The molecule has 1 aromatic carbocycles. The summed E-state index contributed by atoms with van der Waals surface area (Å²) >= 11 is 0. The van der Waals surface area contributed by atoms with E-state index in [1.165, 1.54) is 6.34 Å². The smallest absolute Gasteiger partial charge is 0.312 e. The number of hydrogen-bond donors (Lipinski definition) is 0. The second kappa shape index (κ2) is 2.65. The minimum atomic E-state index is -0.395. The van der Waals surface area contributed by atoms with Crippen molar-refractivity contribution in [3.63, 3.8) is 0 Å². The molecule has 1 aliphatic heterocycles. The van der Waals surface area contributed by atoms with Gasteiger partial charge in [-0.1, -0.05) is 23.4 Å². The number of nitrogens with zero attached hydrogens (tertiary/aromatic N) is 2. The van der Waals surface area contributed by atoms with Crippen molar-refractivity contribution in [3.8, 4) is 0 Å². The van der Waals surface area contributed by atoms with Gasteiger partial charge in [0, 0.05) is 0 Å². The molecule has 4 nitrogen and oxygen atoms in total. The maximum atomic E-state index is 11.2. The van der Waals surface area contributed by atoms with Gasteiger partial charge >= 0.3 is 5.97 Å². The maximum Gasteiger partial charge on any atom is 0.365 e. The molecular weight excluding hydrogens is 156 g/mol. The fourth-order valence-corrected chi connectivity index (χ4v) is 0.780. The lowest BCUT2D eigenvalue weighted by Crippen LogP contribution is -2.10. The number of rotatable bonds is 2. The van der Waals surface area contributed by atoms with Crippen molar-refractivity contribution in [3.05, 3.63) is 35.9 Å². The zero-order valence-corrected chi connectivity index (χ0v) is 6.18. The summed E-state index contributed by atoms with van der Waals surface area (Å²) in [5, 5.41) is 4.65. The van der Waals surface area contributed by atoms with Crippen molar-refractivity contribution >= 4 is 12.3 Å². The van der Waals surface area contributed by atoms with Crippen LogP contribution in [0.1, 0.15) is 10.4 Å². The fraction of sp³-hybridized carbons (Fsp3) is 0. The summed E-state index contributed by atoms with van der Waals surface area (Å²) in [6, 6.07) is 8.77. The Balaban J connectivity index is 2.04. The van der Waals surface area contributed by atoms with Gasteiger partial charge in [-0.2, -0.15) is 0 Å². The molecule has 4 heteroatoms. The van der Waals surface area contributed by atoms with E-state index < -0.39 is 5.97 Å². The summed E-state index contributed by atoms with van der Waals surface area (Å²) in [5.74, 6) is -0.395. The summed E-state index contributed by atoms with van der Waals surface area (Å²) in [5.41, 5.74) is 0.521. The molecule has 0 atom stereocenters. The summed E-state index contributed by atoms with van der Waals surface area (Å²) in [6.07, 6.45) is 1.42. The third kappa shape index (κ3) is 1.42. The van der Waals surface area contributed by atoms with Crippen molar-refractivity contribution in [2.24, 2.45) is 5.10 Å². The molecule has 0 radical (unpaired) electrons. The standard InChI is InChI=1S/C8H6N2O2/c11-8(12-10-6-9-10)7-4-2-1-3-5-7/h1-6H. The average Bonchev–Trinajstić information content (AvgIpc) is 2.90. The third-order valence-corrected chi connectivity index (χ3v) is 1.40. The molecule has 1 aliphatic rings. The Morgan fingerprint density at radius 2 is 2.00 bits per heavy atom. The average molecular weight is 162 g/mol. The topological polar surface area (TPSA) is 41.7 Å². The second-order valence-electron chi connectivity index (χ2n) is 2.28. The molecular formula is C8H6N2O2. The van der Waals surface area contributed by atoms with Gasteiger partial charge in [-0.15, -0.1) is 5.10 Å². The minimum Gasteiger partial charge on any atom is -0.312 e. The Hall–Kier alpha value is -1.84. The highest BCUT2D eigenvalue weighted by Gasteiger charge is 2.15. The predicted molar refractivity (Wildman–Crippen MR) is 42.2 cm³/mol. The Labute approximate surface area is 69.0 Å². The highest BCUT2D eigenvalue weighted by Crippen LogP contribution is 2.06. The van der Waals surface area contributed by atoms with Gasteiger partial charge in [-0.05, 0) is 12.1 Å². The van der Waals surface area contributed by atoms with Crippen LogP contribution < -0.4 is 0 Å². The molecule has 60 valence electrons. The van der Waals surface area contributed by atoms with Gasteiger partial charge < -0.3 is 4.84 Å². The number of carbonyl (C=O) groups is 1. The van der Waals surface area contributed by atoms with E-state index in [1.807, 2.05) is 6.07 Å². The van der Waals surface area contributed by atoms with Crippen molar-refractivity contribution in [1.82, 2.24) is 5.17 Å². The lowest BCUT2D eigenvalue weighted by atomic mass is 10.2. The van der Waals surface area contributed by atoms with Gasteiger partial charge in [0.2, 0.25) is 0 Å². The van der Waals surface area contributed by atoms with Crippen molar-refractivity contribution in [2.45, 2.75) is 0 Å². The molecule has 1 heterocycles.